The Morgan fingerprint density at radius 1 is 1.77 bits per heavy atom. The van der Waals surface area contributed by atoms with Crippen molar-refractivity contribution in [1.82, 2.24) is 4.90 Å². The molecule has 0 aromatic heterocycles. The number of halogens is 1. The number of hydrogen-bond donors (Lipinski definition) is 1. The van der Waals surface area contributed by atoms with E-state index in [1.54, 1.807) is 0 Å². The van der Waals surface area contributed by atoms with Crippen molar-refractivity contribution in [1.29, 1.82) is 0 Å². The third-order valence-corrected chi connectivity index (χ3v) is 2.19. The SMILES string of the molecule is C=C(Br)CN1CCOCC1C(N)=O. The average Bonchev–Trinajstić information content (AvgIpc) is 2.03. The number of nitrogens with zero attached hydrogens (tertiary/aromatic N) is 1. The topological polar surface area (TPSA) is 55.6 Å². The molecule has 74 valence electrons. The summed E-state index contributed by atoms with van der Waals surface area (Å²) >= 11 is 3.26. The number of hydrogen-bond acceptors (Lipinski definition) is 3. The Hall–Kier alpha value is -0.390. The minimum atomic E-state index is -0.339. The van der Waals surface area contributed by atoms with Gasteiger partial charge in [-0.05, 0) is 0 Å². The summed E-state index contributed by atoms with van der Waals surface area (Å²) in [7, 11) is 0. The van der Waals surface area contributed by atoms with Gasteiger partial charge >= 0.3 is 0 Å². The van der Waals surface area contributed by atoms with E-state index in [0.717, 1.165) is 11.0 Å². The molecular weight excluding hydrogens is 236 g/mol. The number of carbonyl (C=O) groups excluding carboxylic acids is 1. The molecular formula is C8H13BrN2O2. The fourth-order valence-electron chi connectivity index (χ4n) is 1.31. The third kappa shape index (κ3) is 3.10. The van der Waals surface area contributed by atoms with Gasteiger partial charge in [-0.1, -0.05) is 22.5 Å². The molecule has 0 aliphatic carbocycles. The summed E-state index contributed by atoms with van der Waals surface area (Å²) in [6.07, 6.45) is 0. The summed E-state index contributed by atoms with van der Waals surface area (Å²) in [4.78, 5) is 13.0. The van der Waals surface area contributed by atoms with Crippen LogP contribution in [0.3, 0.4) is 0 Å². The minimum absolute atomic E-state index is 0.317. The summed E-state index contributed by atoms with van der Waals surface area (Å²) in [6, 6.07) is -0.317. The lowest BCUT2D eigenvalue weighted by molar-refractivity contribution is -0.128. The van der Waals surface area contributed by atoms with Crippen molar-refractivity contribution in [2.75, 3.05) is 26.3 Å². The zero-order chi connectivity index (χ0) is 9.84. The van der Waals surface area contributed by atoms with Crippen molar-refractivity contribution >= 4 is 21.8 Å². The van der Waals surface area contributed by atoms with Gasteiger partial charge in [-0.15, -0.1) is 0 Å². The van der Waals surface area contributed by atoms with Crippen LogP contribution in [0.25, 0.3) is 0 Å². The number of primary amides is 1. The second-order valence-corrected chi connectivity index (χ2v) is 4.10. The summed E-state index contributed by atoms with van der Waals surface area (Å²) in [5.41, 5.74) is 5.23. The highest BCUT2D eigenvalue weighted by Crippen LogP contribution is 2.11. The number of ether oxygens (including phenoxy) is 1. The Bertz CT molecular complexity index is 220. The van der Waals surface area contributed by atoms with Crippen molar-refractivity contribution in [3.05, 3.63) is 11.1 Å². The van der Waals surface area contributed by atoms with Crippen LogP contribution in [0, 0.1) is 0 Å². The fraction of sp³-hybridized carbons (Fsp3) is 0.625. The predicted octanol–water partition coefficient (Wildman–Crippen LogP) is 0.0811. The van der Waals surface area contributed by atoms with Crippen LogP contribution < -0.4 is 5.73 Å². The number of nitrogens with two attached hydrogens (primary N) is 1. The van der Waals surface area contributed by atoms with Gasteiger partial charge < -0.3 is 10.5 Å². The Balaban J connectivity index is 2.56. The van der Waals surface area contributed by atoms with Crippen LogP contribution in [0.2, 0.25) is 0 Å². The van der Waals surface area contributed by atoms with Gasteiger partial charge in [0, 0.05) is 17.6 Å². The Morgan fingerprint density at radius 2 is 2.46 bits per heavy atom. The Labute approximate surface area is 85.8 Å². The fourth-order valence-corrected chi connectivity index (χ4v) is 1.63. The van der Waals surface area contributed by atoms with Crippen molar-refractivity contribution < 1.29 is 9.53 Å². The summed E-state index contributed by atoms with van der Waals surface area (Å²) in [5.74, 6) is -0.339. The van der Waals surface area contributed by atoms with E-state index in [0.29, 0.717) is 19.8 Å². The van der Waals surface area contributed by atoms with Crippen LogP contribution in [-0.4, -0.2) is 43.2 Å². The molecule has 1 aliphatic heterocycles. The molecule has 0 bridgehead atoms. The zero-order valence-corrected chi connectivity index (χ0v) is 8.92. The molecule has 1 atom stereocenters. The maximum Gasteiger partial charge on any atom is 0.237 e. The highest BCUT2D eigenvalue weighted by atomic mass is 79.9. The number of carbonyl (C=O) groups is 1. The number of morpholine rings is 1. The number of amides is 1. The third-order valence-electron chi connectivity index (χ3n) is 1.94. The molecule has 1 fully saturated rings. The summed E-state index contributed by atoms with van der Waals surface area (Å²) < 4.78 is 6.02. The largest absolute Gasteiger partial charge is 0.378 e. The second-order valence-electron chi connectivity index (χ2n) is 2.98. The van der Waals surface area contributed by atoms with Crippen LogP contribution in [0.4, 0.5) is 0 Å². The van der Waals surface area contributed by atoms with Gasteiger partial charge in [0.15, 0.2) is 0 Å². The minimum Gasteiger partial charge on any atom is -0.378 e. The van der Waals surface area contributed by atoms with Crippen molar-refractivity contribution in [3.8, 4) is 0 Å². The Morgan fingerprint density at radius 3 is 3.00 bits per heavy atom. The van der Waals surface area contributed by atoms with Crippen molar-refractivity contribution in [3.63, 3.8) is 0 Å². The van der Waals surface area contributed by atoms with Gasteiger partial charge in [0.25, 0.3) is 0 Å². The first kappa shape index (κ1) is 10.7. The van der Waals surface area contributed by atoms with E-state index in [1.807, 2.05) is 4.90 Å². The lowest BCUT2D eigenvalue weighted by atomic mass is 10.2. The van der Waals surface area contributed by atoms with Crippen LogP contribution in [-0.2, 0) is 9.53 Å². The van der Waals surface area contributed by atoms with E-state index in [2.05, 4.69) is 22.5 Å². The molecule has 1 saturated heterocycles. The van der Waals surface area contributed by atoms with E-state index in [1.165, 1.54) is 0 Å². The molecule has 13 heavy (non-hydrogen) atoms. The first-order valence-electron chi connectivity index (χ1n) is 4.05. The first-order chi connectivity index (χ1) is 6.11. The molecule has 1 aliphatic rings. The molecule has 2 N–H and O–H groups in total. The Kier molecular flexibility index (Phi) is 3.90. The molecule has 1 heterocycles. The van der Waals surface area contributed by atoms with Gasteiger partial charge in [0.1, 0.15) is 6.04 Å². The van der Waals surface area contributed by atoms with Crippen LogP contribution in [0.5, 0.6) is 0 Å². The molecule has 0 aromatic carbocycles. The van der Waals surface area contributed by atoms with Gasteiger partial charge in [-0.25, -0.2) is 0 Å². The monoisotopic (exact) mass is 248 g/mol. The predicted molar refractivity (Wildman–Crippen MR) is 53.4 cm³/mol. The first-order valence-corrected chi connectivity index (χ1v) is 4.85. The molecule has 0 saturated carbocycles. The highest BCUT2D eigenvalue weighted by Gasteiger charge is 2.27. The lowest BCUT2D eigenvalue weighted by Gasteiger charge is -2.33. The molecule has 4 nitrogen and oxygen atoms in total. The van der Waals surface area contributed by atoms with Crippen LogP contribution in [0.1, 0.15) is 0 Å². The van der Waals surface area contributed by atoms with Gasteiger partial charge in [-0.3, -0.25) is 9.69 Å². The quantitative estimate of drug-likeness (QED) is 0.770. The van der Waals surface area contributed by atoms with Gasteiger partial charge in [0.05, 0.1) is 13.2 Å². The van der Waals surface area contributed by atoms with E-state index < -0.39 is 0 Å². The standard InChI is InChI=1S/C8H13BrN2O2/c1-6(9)4-11-2-3-13-5-7(11)8(10)12/h7H,1-5H2,(H2,10,12). The van der Waals surface area contributed by atoms with E-state index in [9.17, 15) is 4.79 Å². The molecule has 0 spiro atoms. The number of rotatable bonds is 3. The zero-order valence-electron chi connectivity index (χ0n) is 7.33. The van der Waals surface area contributed by atoms with Gasteiger partial charge in [-0.2, -0.15) is 0 Å². The van der Waals surface area contributed by atoms with Crippen molar-refractivity contribution in [2.24, 2.45) is 5.73 Å². The van der Waals surface area contributed by atoms with Crippen LogP contribution in [0.15, 0.2) is 11.1 Å². The maximum absolute atomic E-state index is 11.0. The summed E-state index contributed by atoms with van der Waals surface area (Å²) in [6.45, 7) is 6.11. The second kappa shape index (κ2) is 4.74. The van der Waals surface area contributed by atoms with E-state index in [-0.39, 0.29) is 11.9 Å². The van der Waals surface area contributed by atoms with Crippen LogP contribution >= 0.6 is 15.9 Å². The summed E-state index contributed by atoms with van der Waals surface area (Å²) in [5, 5.41) is 0. The molecule has 1 rings (SSSR count). The average molecular weight is 249 g/mol. The maximum atomic E-state index is 11.0. The molecule has 0 radical (unpaired) electrons. The molecule has 5 heteroatoms. The molecule has 0 aromatic rings. The van der Waals surface area contributed by atoms with Crippen molar-refractivity contribution in [2.45, 2.75) is 6.04 Å². The van der Waals surface area contributed by atoms with E-state index in [4.69, 9.17) is 10.5 Å². The van der Waals surface area contributed by atoms with Gasteiger partial charge in [0.2, 0.25) is 5.91 Å². The lowest BCUT2D eigenvalue weighted by Crippen LogP contribution is -2.52. The highest BCUT2D eigenvalue weighted by molar-refractivity contribution is 9.11. The normalized spacial score (nSPS) is 24.2. The molecule has 1 unspecified atom stereocenters. The molecule has 1 amide bonds. The van der Waals surface area contributed by atoms with E-state index >= 15 is 0 Å². The smallest absolute Gasteiger partial charge is 0.237 e.